The van der Waals surface area contributed by atoms with E-state index in [1.807, 2.05) is 25.2 Å². The van der Waals surface area contributed by atoms with Gasteiger partial charge in [0, 0.05) is 19.6 Å². The molecule has 0 radical (unpaired) electrons. The fourth-order valence-corrected chi connectivity index (χ4v) is 2.15. The lowest BCUT2D eigenvalue weighted by molar-refractivity contribution is -0.133. The number of nitrogens with one attached hydrogen (secondary N) is 1. The number of carbonyl (C=O) groups is 1. The second-order valence-corrected chi connectivity index (χ2v) is 4.59. The van der Waals surface area contributed by atoms with Gasteiger partial charge in [-0.25, -0.2) is 0 Å². The van der Waals surface area contributed by atoms with Crippen LogP contribution >= 0.6 is 0 Å². The highest BCUT2D eigenvalue weighted by Crippen LogP contribution is 2.25. The molecular weight excluding hydrogens is 244 g/mol. The van der Waals surface area contributed by atoms with E-state index in [1.165, 1.54) is 0 Å². The number of ether oxygens (including phenoxy) is 2. The summed E-state index contributed by atoms with van der Waals surface area (Å²) in [6.45, 7) is 1.86. The fraction of sp³-hybridized carbons (Fsp3) is 0.500. The summed E-state index contributed by atoms with van der Waals surface area (Å²) in [6, 6.07) is 7.60. The molecule has 0 saturated carbocycles. The third-order valence-electron chi connectivity index (χ3n) is 3.40. The molecule has 1 aromatic carbocycles. The Morgan fingerprint density at radius 1 is 1.42 bits per heavy atom. The van der Waals surface area contributed by atoms with Crippen LogP contribution in [-0.4, -0.2) is 50.7 Å². The number of rotatable bonds is 5. The lowest BCUT2D eigenvalue weighted by atomic mass is 10.2. The van der Waals surface area contributed by atoms with E-state index in [2.05, 4.69) is 5.32 Å². The van der Waals surface area contributed by atoms with Gasteiger partial charge in [-0.2, -0.15) is 0 Å². The predicted molar refractivity (Wildman–Crippen MR) is 72.5 cm³/mol. The number of hydrogen-bond donors (Lipinski definition) is 1. The highest BCUT2D eigenvalue weighted by atomic mass is 16.5. The Balaban J connectivity index is 1.89. The first-order valence-electron chi connectivity index (χ1n) is 6.44. The first-order chi connectivity index (χ1) is 9.22. The van der Waals surface area contributed by atoms with Gasteiger partial charge in [0.2, 0.25) is 0 Å². The maximum Gasteiger partial charge on any atom is 0.260 e. The van der Waals surface area contributed by atoms with Crippen LogP contribution in [0.25, 0.3) is 0 Å². The average molecular weight is 264 g/mol. The summed E-state index contributed by atoms with van der Waals surface area (Å²) in [5.74, 6) is 1.22. The number of nitrogens with zero attached hydrogens (tertiary/aromatic N) is 1. The Morgan fingerprint density at radius 2 is 2.16 bits per heavy atom. The van der Waals surface area contributed by atoms with Crippen LogP contribution in [0.15, 0.2) is 24.3 Å². The summed E-state index contributed by atoms with van der Waals surface area (Å²) in [5.41, 5.74) is 0. The van der Waals surface area contributed by atoms with E-state index in [0.29, 0.717) is 11.5 Å². The lowest BCUT2D eigenvalue weighted by Crippen LogP contribution is -2.40. The zero-order valence-electron chi connectivity index (χ0n) is 11.4. The molecule has 2 rings (SSSR count). The van der Waals surface area contributed by atoms with Gasteiger partial charge in [-0.05, 0) is 25.1 Å². The van der Waals surface area contributed by atoms with Gasteiger partial charge in [0.05, 0.1) is 7.11 Å². The normalized spacial score (nSPS) is 18.1. The van der Waals surface area contributed by atoms with Crippen molar-refractivity contribution in [1.82, 2.24) is 10.2 Å². The van der Waals surface area contributed by atoms with Crippen LogP contribution in [0, 0.1) is 0 Å². The van der Waals surface area contributed by atoms with Crippen molar-refractivity contribution >= 4 is 5.91 Å². The summed E-state index contributed by atoms with van der Waals surface area (Å²) < 4.78 is 10.7. The molecule has 0 aliphatic carbocycles. The van der Waals surface area contributed by atoms with Crippen LogP contribution in [-0.2, 0) is 4.79 Å². The molecule has 0 unspecified atom stereocenters. The van der Waals surface area contributed by atoms with Gasteiger partial charge in [-0.3, -0.25) is 4.79 Å². The first kappa shape index (κ1) is 13.7. The molecule has 0 spiro atoms. The maximum absolute atomic E-state index is 12.0. The van der Waals surface area contributed by atoms with Crippen molar-refractivity contribution in [2.75, 3.05) is 33.9 Å². The van der Waals surface area contributed by atoms with Gasteiger partial charge in [-0.15, -0.1) is 0 Å². The summed E-state index contributed by atoms with van der Waals surface area (Å²) in [6.07, 6.45) is 0.997. The van der Waals surface area contributed by atoms with Crippen molar-refractivity contribution in [2.24, 2.45) is 0 Å². The number of likely N-dealkylation sites (N-methyl/N-ethyl adjacent to an activating group) is 1. The molecule has 0 bridgehead atoms. The van der Waals surface area contributed by atoms with Crippen LogP contribution < -0.4 is 14.8 Å². The Bertz CT molecular complexity index is 430. The SMILES string of the molecule is COc1ccccc1OCC(=O)N(C)[C@@H]1CCNC1. The molecule has 1 N–H and O–H groups in total. The second kappa shape index (κ2) is 6.43. The molecule has 104 valence electrons. The van der Waals surface area contributed by atoms with E-state index < -0.39 is 0 Å². The highest BCUT2D eigenvalue weighted by Gasteiger charge is 2.23. The van der Waals surface area contributed by atoms with Gasteiger partial charge in [-0.1, -0.05) is 12.1 Å². The smallest absolute Gasteiger partial charge is 0.260 e. The quantitative estimate of drug-likeness (QED) is 0.858. The fourth-order valence-electron chi connectivity index (χ4n) is 2.15. The van der Waals surface area contributed by atoms with E-state index >= 15 is 0 Å². The van der Waals surface area contributed by atoms with Crippen LogP contribution in [0.1, 0.15) is 6.42 Å². The second-order valence-electron chi connectivity index (χ2n) is 4.59. The van der Waals surface area contributed by atoms with Crippen molar-refractivity contribution in [3.63, 3.8) is 0 Å². The first-order valence-corrected chi connectivity index (χ1v) is 6.44. The van der Waals surface area contributed by atoms with Crippen molar-refractivity contribution in [2.45, 2.75) is 12.5 Å². The lowest BCUT2D eigenvalue weighted by Gasteiger charge is -2.23. The van der Waals surface area contributed by atoms with Crippen molar-refractivity contribution < 1.29 is 14.3 Å². The Kier molecular flexibility index (Phi) is 4.63. The molecule has 1 aliphatic heterocycles. The number of methoxy groups -OCH3 is 1. The third kappa shape index (κ3) is 3.38. The monoisotopic (exact) mass is 264 g/mol. The Hall–Kier alpha value is -1.75. The minimum absolute atomic E-state index is 0.0143. The van der Waals surface area contributed by atoms with Gasteiger partial charge in [0.25, 0.3) is 5.91 Å². The molecule has 5 nitrogen and oxygen atoms in total. The van der Waals surface area contributed by atoms with E-state index in [1.54, 1.807) is 18.1 Å². The van der Waals surface area contributed by atoms with Gasteiger partial charge >= 0.3 is 0 Å². The zero-order valence-corrected chi connectivity index (χ0v) is 11.4. The number of benzene rings is 1. The molecule has 1 atom stereocenters. The molecule has 1 saturated heterocycles. The zero-order chi connectivity index (χ0) is 13.7. The van der Waals surface area contributed by atoms with Crippen LogP contribution in [0.5, 0.6) is 11.5 Å². The molecule has 0 aromatic heterocycles. The van der Waals surface area contributed by atoms with E-state index in [9.17, 15) is 4.79 Å². The van der Waals surface area contributed by atoms with Crippen LogP contribution in [0.3, 0.4) is 0 Å². The average Bonchev–Trinajstić information content (AvgIpc) is 2.98. The van der Waals surface area contributed by atoms with Crippen LogP contribution in [0.4, 0.5) is 0 Å². The number of hydrogen-bond acceptors (Lipinski definition) is 4. The number of carbonyl (C=O) groups excluding carboxylic acids is 1. The molecular formula is C14H20N2O3. The van der Waals surface area contributed by atoms with E-state index in [-0.39, 0.29) is 18.6 Å². The van der Waals surface area contributed by atoms with Crippen LogP contribution in [0.2, 0.25) is 0 Å². The van der Waals surface area contributed by atoms with Gasteiger partial charge in [0.15, 0.2) is 18.1 Å². The third-order valence-corrected chi connectivity index (χ3v) is 3.40. The van der Waals surface area contributed by atoms with Crippen molar-refractivity contribution in [3.05, 3.63) is 24.3 Å². The molecule has 1 heterocycles. The topological polar surface area (TPSA) is 50.8 Å². The standard InChI is InChI=1S/C14H20N2O3/c1-16(11-7-8-15-9-11)14(17)10-19-13-6-4-3-5-12(13)18-2/h3-6,11,15H,7-10H2,1-2H3/t11-/m1/s1. The van der Waals surface area contributed by atoms with Crippen molar-refractivity contribution in [3.8, 4) is 11.5 Å². The summed E-state index contributed by atoms with van der Waals surface area (Å²) in [5, 5.41) is 3.25. The van der Waals surface area contributed by atoms with E-state index in [0.717, 1.165) is 19.5 Å². The van der Waals surface area contributed by atoms with Gasteiger partial charge < -0.3 is 19.7 Å². The molecule has 19 heavy (non-hydrogen) atoms. The van der Waals surface area contributed by atoms with Crippen molar-refractivity contribution in [1.29, 1.82) is 0 Å². The van der Waals surface area contributed by atoms with Gasteiger partial charge in [0.1, 0.15) is 0 Å². The highest BCUT2D eigenvalue weighted by molar-refractivity contribution is 5.78. The summed E-state index contributed by atoms with van der Waals surface area (Å²) in [7, 11) is 3.41. The largest absolute Gasteiger partial charge is 0.493 e. The molecule has 1 fully saturated rings. The summed E-state index contributed by atoms with van der Waals surface area (Å²) >= 11 is 0. The summed E-state index contributed by atoms with van der Waals surface area (Å²) in [4.78, 5) is 13.8. The predicted octanol–water partition coefficient (Wildman–Crippen LogP) is 0.894. The molecule has 5 heteroatoms. The number of amides is 1. The molecule has 1 aromatic rings. The minimum atomic E-state index is -0.0143. The Morgan fingerprint density at radius 3 is 2.79 bits per heavy atom. The molecule has 1 aliphatic rings. The van der Waals surface area contributed by atoms with E-state index in [4.69, 9.17) is 9.47 Å². The number of para-hydroxylation sites is 2. The molecule has 1 amide bonds. The maximum atomic E-state index is 12.0. The minimum Gasteiger partial charge on any atom is -0.493 e. The Labute approximate surface area is 113 Å².